The summed E-state index contributed by atoms with van der Waals surface area (Å²) >= 11 is 0. The Bertz CT molecular complexity index is 677. The van der Waals surface area contributed by atoms with Gasteiger partial charge in [-0.3, -0.25) is 4.79 Å². The Kier molecular flexibility index (Phi) is 3.02. The molecule has 90 valence electrons. The molecule has 1 aromatic heterocycles. The van der Waals surface area contributed by atoms with E-state index in [9.17, 15) is 9.90 Å². The number of amides is 1. The third-order valence-electron chi connectivity index (χ3n) is 2.67. The van der Waals surface area contributed by atoms with Crippen LogP contribution in [0.4, 0.5) is 0 Å². The molecule has 0 radical (unpaired) electrons. The van der Waals surface area contributed by atoms with Gasteiger partial charge < -0.3 is 15.0 Å². The maximum absolute atomic E-state index is 11.6. The second kappa shape index (κ2) is 4.63. The van der Waals surface area contributed by atoms with Gasteiger partial charge in [0.15, 0.2) is 0 Å². The number of rotatable bonds is 2. The van der Waals surface area contributed by atoms with Crippen molar-refractivity contribution in [1.29, 1.82) is 5.26 Å². The first kappa shape index (κ1) is 11.7. The van der Waals surface area contributed by atoms with Crippen molar-refractivity contribution in [2.24, 2.45) is 0 Å². The number of nitrogens with one attached hydrogen (secondary N) is 1. The second-order valence-corrected chi connectivity index (χ2v) is 3.64. The zero-order valence-electron chi connectivity index (χ0n) is 9.71. The lowest BCUT2D eigenvalue weighted by Gasteiger charge is -2.07. The van der Waals surface area contributed by atoms with Crippen molar-refractivity contribution in [3.63, 3.8) is 0 Å². The Morgan fingerprint density at radius 1 is 1.50 bits per heavy atom. The number of benzene rings is 1. The highest BCUT2D eigenvalue weighted by atomic mass is 16.2. The number of aromatic nitrogens is 1. The minimum absolute atomic E-state index is 0.0650. The molecule has 1 aromatic carbocycles. The van der Waals surface area contributed by atoms with E-state index in [1.54, 1.807) is 18.2 Å². The SMILES string of the molecule is CNC(=O)C(=CO)n1cc(C#N)c2ccccc21. The molecule has 0 saturated carbocycles. The van der Waals surface area contributed by atoms with Crippen molar-refractivity contribution in [2.45, 2.75) is 0 Å². The van der Waals surface area contributed by atoms with Gasteiger partial charge in [-0.05, 0) is 6.07 Å². The summed E-state index contributed by atoms with van der Waals surface area (Å²) in [5.74, 6) is -0.428. The third kappa shape index (κ3) is 1.70. The van der Waals surface area contributed by atoms with Crippen molar-refractivity contribution in [2.75, 3.05) is 7.05 Å². The normalized spacial score (nSPS) is 11.2. The number of nitrogens with zero attached hydrogens (tertiary/aromatic N) is 2. The summed E-state index contributed by atoms with van der Waals surface area (Å²) in [6.45, 7) is 0. The zero-order valence-corrected chi connectivity index (χ0v) is 9.71. The second-order valence-electron chi connectivity index (χ2n) is 3.64. The highest BCUT2D eigenvalue weighted by Gasteiger charge is 2.15. The van der Waals surface area contributed by atoms with Crippen molar-refractivity contribution in [3.8, 4) is 6.07 Å². The van der Waals surface area contributed by atoms with E-state index in [4.69, 9.17) is 5.26 Å². The molecule has 2 aromatic rings. The van der Waals surface area contributed by atoms with E-state index in [1.165, 1.54) is 17.8 Å². The van der Waals surface area contributed by atoms with E-state index in [2.05, 4.69) is 11.4 Å². The average Bonchev–Trinajstić information content (AvgIpc) is 2.78. The van der Waals surface area contributed by atoms with Gasteiger partial charge in [0.1, 0.15) is 18.0 Å². The summed E-state index contributed by atoms with van der Waals surface area (Å²) in [5.41, 5.74) is 1.21. The van der Waals surface area contributed by atoms with E-state index in [-0.39, 0.29) is 5.70 Å². The van der Waals surface area contributed by atoms with Crippen LogP contribution in [0.1, 0.15) is 5.56 Å². The summed E-state index contributed by atoms with van der Waals surface area (Å²) in [7, 11) is 1.47. The molecule has 1 amide bonds. The number of likely N-dealkylation sites (N-methyl/N-ethyl adjacent to an activating group) is 1. The van der Waals surface area contributed by atoms with Gasteiger partial charge in [0.05, 0.1) is 11.1 Å². The van der Waals surface area contributed by atoms with Gasteiger partial charge in [-0.25, -0.2) is 0 Å². The van der Waals surface area contributed by atoms with E-state index in [0.29, 0.717) is 11.1 Å². The number of para-hydroxylation sites is 1. The van der Waals surface area contributed by atoms with Crippen molar-refractivity contribution < 1.29 is 9.90 Å². The van der Waals surface area contributed by atoms with E-state index >= 15 is 0 Å². The lowest BCUT2D eigenvalue weighted by Crippen LogP contribution is -2.22. The molecular formula is C13H11N3O2. The fourth-order valence-corrected chi connectivity index (χ4v) is 1.83. The molecule has 0 aliphatic rings. The van der Waals surface area contributed by atoms with Crippen LogP contribution >= 0.6 is 0 Å². The number of nitriles is 1. The number of aliphatic hydroxyl groups excluding tert-OH is 1. The number of aliphatic hydroxyl groups is 1. The maximum Gasteiger partial charge on any atom is 0.271 e. The molecular weight excluding hydrogens is 230 g/mol. The fraction of sp³-hybridized carbons (Fsp3) is 0.0769. The Morgan fingerprint density at radius 3 is 2.83 bits per heavy atom. The van der Waals surface area contributed by atoms with Crippen molar-refractivity contribution in [1.82, 2.24) is 9.88 Å². The van der Waals surface area contributed by atoms with Crippen LogP contribution in [0.2, 0.25) is 0 Å². The Hall–Kier alpha value is -2.74. The maximum atomic E-state index is 11.6. The largest absolute Gasteiger partial charge is 0.513 e. The highest BCUT2D eigenvalue weighted by molar-refractivity contribution is 6.15. The lowest BCUT2D eigenvalue weighted by molar-refractivity contribution is -0.115. The Morgan fingerprint density at radius 2 is 2.22 bits per heavy atom. The molecule has 0 saturated heterocycles. The van der Waals surface area contributed by atoms with Crippen LogP contribution in [-0.4, -0.2) is 22.6 Å². The first-order chi connectivity index (χ1) is 8.72. The molecule has 0 atom stereocenters. The molecule has 0 aliphatic heterocycles. The van der Waals surface area contributed by atoms with Crippen LogP contribution in [0.15, 0.2) is 36.7 Å². The minimum Gasteiger partial charge on any atom is -0.513 e. The number of fused-ring (bicyclic) bond motifs is 1. The summed E-state index contributed by atoms with van der Waals surface area (Å²) < 4.78 is 1.49. The van der Waals surface area contributed by atoms with Crippen LogP contribution < -0.4 is 5.32 Å². The minimum atomic E-state index is -0.428. The zero-order chi connectivity index (χ0) is 13.1. The van der Waals surface area contributed by atoms with Crippen LogP contribution in [0.25, 0.3) is 16.6 Å². The predicted octanol–water partition coefficient (Wildman–Crippen LogP) is 1.62. The number of carbonyl (C=O) groups is 1. The molecule has 5 heteroatoms. The topological polar surface area (TPSA) is 78.0 Å². The molecule has 2 N–H and O–H groups in total. The fourth-order valence-electron chi connectivity index (χ4n) is 1.83. The van der Waals surface area contributed by atoms with Gasteiger partial charge in [-0.1, -0.05) is 18.2 Å². The molecule has 2 rings (SSSR count). The van der Waals surface area contributed by atoms with E-state index in [1.807, 2.05) is 6.07 Å². The van der Waals surface area contributed by atoms with Gasteiger partial charge in [0.2, 0.25) is 0 Å². The number of hydrogen-bond donors (Lipinski definition) is 2. The monoisotopic (exact) mass is 241 g/mol. The molecule has 5 nitrogen and oxygen atoms in total. The van der Waals surface area contributed by atoms with Crippen molar-refractivity contribution >= 4 is 22.5 Å². The molecule has 0 aliphatic carbocycles. The summed E-state index contributed by atoms with van der Waals surface area (Å²) in [5, 5.41) is 21.4. The van der Waals surface area contributed by atoms with Gasteiger partial charge in [0, 0.05) is 18.6 Å². The van der Waals surface area contributed by atoms with Gasteiger partial charge in [-0.15, -0.1) is 0 Å². The van der Waals surface area contributed by atoms with Crippen LogP contribution in [-0.2, 0) is 4.79 Å². The van der Waals surface area contributed by atoms with Gasteiger partial charge >= 0.3 is 0 Å². The van der Waals surface area contributed by atoms with Crippen LogP contribution in [0.5, 0.6) is 0 Å². The Labute approximate surface area is 104 Å². The molecule has 0 spiro atoms. The van der Waals surface area contributed by atoms with E-state index in [0.717, 1.165) is 11.6 Å². The lowest BCUT2D eigenvalue weighted by atomic mass is 10.2. The molecule has 0 fully saturated rings. The molecule has 18 heavy (non-hydrogen) atoms. The summed E-state index contributed by atoms with van der Waals surface area (Å²) in [4.78, 5) is 11.6. The quantitative estimate of drug-likeness (QED) is 0.619. The van der Waals surface area contributed by atoms with Gasteiger partial charge in [0.25, 0.3) is 5.91 Å². The highest BCUT2D eigenvalue weighted by Crippen LogP contribution is 2.23. The third-order valence-corrected chi connectivity index (χ3v) is 2.67. The predicted molar refractivity (Wildman–Crippen MR) is 67.6 cm³/mol. The molecule has 1 heterocycles. The molecule has 0 unspecified atom stereocenters. The summed E-state index contributed by atoms with van der Waals surface area (Å²) in [6, 6.07) is 9.26. The van der Waals surface area contributed by atoms with Crippen LogP contribution in [0, 0.1) is 11.3 Å². The van der Waals surface area contributed by atoms with Crippen molar-refractivity contribution in [3.05, 3.63) is 42.3 Å². The Balaban J connectivity index is 2.73. The van der Waals surface area contributed by atoms with E-state index < -0.39 is 5.91 Å². The smallest absolute Gasteiger partial charge is 0.271 e. The van der Waals surface area contributed by atoms with Crippen LogP contribution in [0.3, 0.4) is 0 Å². The molecule has 0 bridgehead atoms. The standard InChI is InChI=1S/C13H11N3O2/c1-15-13(18)12(8-17)16-7-9(6-14)10-4-2-3-5-11(10)16/h2-5,7-8,17H,1H3,(H,15,18). The number of carbonyl (C=O) groups excluding carboxylic acids is 1. The number of hydrogen-bond acceptors (Lipinski definition) is 3. The first-order valence-electron chi connectivity index (χ1n) is 5.30. The first-order valence-corrected chi connectivity index (χ1v) is 5.30. The average molecular weight is 241 g/mol. The van der Waals surface area contributed by atoms with Gasteiger partial charge in [-0.2, -0.15) is 5.26 Å². The summed E-state index contributed by atoms with van der Waals surface area (Å²) in [6.07, 6.45) is 2.26.